The summed E-state index contributed by atoms with van der Waals surface area (Å²) in [4.78, 5) is 4.71. The average molecular weight is 387 g/mol. The maximum absolute atomic E-state index is 4.71. The normalized spacial score (nSPS) is 12.0. The number of aromatic nitrogens is 3. The van der Waals surface area contributed by atoms with E-state index in [0.717, 1.165) is 38.7 Å². The molecule has 5 heteroatoms. The van der Waals surface area contributed by atoms with Crippen LogP contribution in [0.4, 0.5) is 10.9 Å². The molecule has 4 aromatic rings. The molecule has 0 aliphatic heterocycles. The number of anilines is 2. The van der Waals surface area contributed by atoms with E-state index < -0.39 is 0 Å². The van der Waals surface area contributed by atoms with E-state index in [4.69, 9.17) is 4.98 Å². The van der Waals surface area contributed by atoms with Crippen LogP contribution in [0.25, 0.3) is 22.9 Å². The van der Waals surface area contributed by atoms with Crippen molar-refractivity contribution in [3.8, 4) is 0 Å². The van der Waals surface area contributed by atoms with Crippen molar-refractivity contribution in [2.75, 3.05) is 5.32 Å². The zero-order chi connectivity index (χ0) is 19.6. The fourth-order valence-corrected chi connectivity index (χ4v) is 3.79. The van der Waals surface area contributed by atoms with Gasteiger partial charge < -0.3 is 5.32 Å². The van der Waals surface area contributed by atoms with Crippen molar-refractivity contribution in [1.82, 2.24) is 15.2 Å². The van der Waals surface area contributed by atoms with E-state index in [1.54, 1.807) is 11.3 Å². The van der Waals surface area contributed by atoms with Gasteiger partial charge in [0.15, 0.2) is 10.9 Å². The van der Waals surface area contributed by atoms with Crippen molar-refractivity contribution in [3.05, 3.63) is 76.9 Å². The standard InChI is InChI=1S/C23H22N4S/c1-23(2,3)20-15-28-22(24-20)25-21-18-12-8-7-11-17(18)19(26-27-21)14-13-16-9-5-4-6-10-16/h4-15H,1-3H3,(H,24,25,27). The number of benzene rings is 2. The summed E-state index contributed by atoms with van der Waals surface area (Å²) in [6, 6.07) is 18.4. The van der Waals surface area contributed by atoms with E-state index in [1.165, 1.54) is 0 Å². The molecule has 28 heavy (non-hydrogen) atoms. The van der Waals surface area contributed by atoms with E-state index in [2.05, 4.69) is 72.0 Å². The molecular formula is C23H22N4S. The molecule has 2 heterocycles. The number of hydrogen-bond acceptors (Lipinski definition) is 5. The Morgan fingerprint density at radius 2 is 1.57 bits per heavy atom. The third-order valence-electron chi connectivity index (χ3n) is 4.45. The molecular weight excluding hydrogens is 364 g/mol. The molecule has 0 bridgehead atoms. The molecule has 0 unspecified atom stereocenters. The molecule has 0 radical (unpaired) electrons. The van der Waals surface area contributed by atoms with Crippen molar-refractivity contribution in [2.24, 2.45) is 0 Å². The largest absolute Gasteiger partial charge is 0.314 e. The van der Waals surface area contributed by atoms with Crippen molar-refractivity contribution in [2.45, 2.75) is 26.2 Å². The van der Waals surface area contributed by atoms with Crippen LogP contribution in [0.15, 0.2) is 60.0 Å². The Balaban J connectivity index is 1.68. The van der Waals surface area contributed by atoms with Gasteiger partial charge in [0.1, 0.15) is 0 Å². The van der Waals surface area contributed by atoms with Crippen LogP contribution < -0.4 is 5.32 Å². The van der Waals surface area contributed by atoms with Crippen molar-refractivity contribution >= 4 is 45.2 Å². The Morgan fingerprint density at radius 3 is 2.29 bits per heavy atom. The Hall–Kier alpha value is -3.05. The summed E-state index contributed by atoms with van der Waals surface area (Å²) in [5.74, 6) is 0.724. The van der Waals surface area contributed by atoms with Crippen LogP contribution in [0.1, 0.15) is 37.7 Å². The summed E-state index contributed by atoms with van der Waals surface area (Å²) in [6.45, 7) is 6.48. The quantitative estimate of drug-likeness (QED) is 0.447. The van der Waals surface area contributed by atoms with E-state index in [9.17, 15) is 0 Å². The van der Waals surface area contributed by atoms with Gasteiger partial charge in [-0.3, -0.25) is 0 Å². The Bertz CT molecular complexity index is 1120. The van der Waals surface area contributed by atoms with Crippen LogP contribution >= 0.6 is 11.3 Å². The van der Waals surface area contributed by atoms with Gasteiger partial charge in [0, 0.05) is 21.6 Å². The fraction of sp³-hybridized carbons (Fsp3) is 0.174. The third-order valence-corrected chi connectivity index (χ3v) is 5.20. The van der Waals surface area contributed by atoms with Crippen LogP contribution in [0.2, 0.25) is 0 Å². The Kier molecular flexibility index (Phi) is 4.92. The Labute approximate surface area is 169 Å². The molecule has 4 rings (SSSR count). The first-order valence-electron chi connectivity index (χ1n) is 9.22. The molecule has 4 nitrogen and oxygen atoms in total. The van der Waals surface area contributed by atoms with Gasteiger partial charge in [0.2, 0.25) is 0 Å². The van der Waals surface area contributed by atoms with Crippen LogP contribution in [0.3, 0.4) is 0 Å². The minimum Gasteiger partial charge on any atom is -0.314 e. The summed E-state index contributed by atoms with van der Waals surface area (Å²) < 4.78 is 0. The van der Waals surface area contributed by atoms with Gasteiger partial charge in [-0.15, -0.1) is 21.5 Å². The van der Waals surface area contributed by atoms with Crippen LogP contribution in [-0.2, 0) is 5.41 Å². The highest BCUT2D eigenvalue weighted by Crippen LogP contribution is 2.30. The maximum atomic E-state index is 4.71. The monoisotopic (exact) mass is 386 g/mol. The maximum Gasteiger partial charge on any atom is 0.188 e. The SMILES string of the molecule is CC(C)(C)c1csc(Nc2nnc(C=Cc3ccccc3)c3ccccc23)n1. The van der Waals surface area contributed by atoms with Crippen molar-refractivity contribution in [1.29, 1.82) is 0 Å². The lowest BCUT2D eigenvalue weighted by molar-refractivity contribution is 0.573. The van der Waals surface area contributed by atoms with E-state index in [1.807, 2.05) is 36.4 Å². The van der Waals surface area contributed by atoms with Crippen molar-refractivity contribution in [3.63, 3.8) is 0 Å². The fourth-order valence-electron chi connectivity index (χ4n) is 2.86. The number of thiazole rings is 1. The number of nitrogens with zero attached hydrogens (tertiary/aromatic N) is 3. The van der Waals surface area contributed by atoms with Crippen LogP contribution in [-0.4, -0.2) is 15.2 Å². The lowest BCUT2D eigenvalue weighted by Crippen LogP contribution is -2.11. The molecule has 0 amide bonds. The molecule has 0 aliphatic rings. The summed E-state index contributed by atoms with van der Waals surface area (Å²) >= 11 is 1.59. The molecule has 0 aliphatic carbocycles. The molecule has 140 valence electrons. The molecule has 1 N–H and O–H groups in total. The second kappa shape index (κ2) is 7.52. The molecule has 0 atom stereocenters. The lowest BCUT2D eigenvalue weighted by atomic mass is 9.93. The molecule has 0 saturated carbocycles. The summed E-state index contributed by atoms with van der Waals surface area (Å²) in [6.07, 6.45) is 4.07. The van der Waals surface area contributed by atoms with Gasteiger partial charge in [0.25, 0.3) is 0 Å². The molecule has 0 saturated heterocycles. The second-order valence-electron chi connectivity index (χ2n) is 7.64. The first-order valence-corrected chi connectivity index (χ1v) is 10.1. The molecule has 0 fully saturated rings. The number of rotatable bonds is 4. The van der Waals surface area contributed by atoms with E-state index in [0.29, 0.717) is 0 Å². The summed E-state index contributed by atoms with van der Waals surface area (Å²) in [5.41, 5.74) is 3.07. The van der Waals surface area contributed by atoms with Gasteiger partial charge in [-0.1, -0.05) is 81.4 Å². The predicted molar refractivity (Wildman–Crippen MR) is 119 cm³/mol. The lowest BCUT2D eigenvalue weighted by Gasteiger charge is -2.14. The highest BCUT2D eigenvalue weighted by Gasteiger charge is 2.18. The topological polar surface area (TPSA) is 50.7 Å². The number of nitrogens with one attached hydrogen (secondary N) is 1. The number of hydrogen-bond donors (Lipinski definition) is 1. The zero-order valence-electron chi connectivity index (χ0n) is 16.2. The zero-order valence-corrected chi connectivity index (χ0v) is 17.0. The van der Waals surface area contributed by atoms with Crippen molar-refractivity contribution < 1.29 is 0 Å². The van der Waals surface area contributed by atoms with Gasteiger partial charge in [-0.05, 0) is 11.6 Å². The van der Waals surface area contributed by atoms with Crippen LogP contribution in [0.5, 0.6) is 0 Å². The molecule has 2 aromatic heterocycles. The minimum atomic E-state index is 0.0241. The predicted octanol–water partition coefficient (Wildman–Crippen LogP) is 6.30. The molecule has 2 aromatic carbocycles. The van der Waals surface area contributed by atoms with E-state index >= 15 is 0 Å². The number of fused-ring (bicyclic) bond motifs is 1. The smallest absolute Gasteiger partial charge is 0.188 e. The van der Waals surface area contributed by atoms with Crippen LogP contribution in [0, 0.1) is 0 Å². The highest BCUT2D eigenvalue weighted by atomic mass is 32.1. The first kappa shape index (κ1) is 18.3. The summed E-state index contributed by atoms with van der Waals surface area (Å²) in [7, 11) is 0. The summed E-state index contributed by atoms with van der Waals surface area (Å²) in [5, 5.41) is 17.2. The highest BCUT2D eigenvalue weighted by molar-refractivity contribution is 7.13. The second-order valence-corrected chi connectivity index (χ2v) is 8.49. The van der Waals surface area contributed by atoms with Gasteiger partial charge in [0.05, 0.1) is 11.4 Å². The van der Waals surface area contributed by atoms with Gasteiger partial charge >= 0.3 is 0 Å². The molecule has 0 spiro atoms. The average Bonchev–Trinajstić information content (AvgIpc) is 3.17. The minimum absolute atomic E-state index is 0.0241. The Morgan fingerprint density at radius 1 is 0.857 bits per heavy atom. The van der Waals surface area contributed by atoms with E-state index in [-0.39, 0.29) is 5.41 Å². The first-order chi connectivity index (χ1) is 13.5. The third kappa shape index (κ3) is 3.94. The van der Waals surface area contributed by atoms with Gasteiger partial charge in [-0.25, -0.2) is 4.98 Å². The van der Waals surface area contributed by atoms with Gasteiger partial charge in [-0.2, -0.15) is 0 Å².